The predicted molar refractivity (Wildman–Crippen MR) is 79.4 cm³/mol. The first-order valence-corrected chi connectivity index (χ1v) is 7.20. The Balaban J connectivity index is 1.94. The lowest BCUT2D eigenvalue weighted by molar-refractivity contribution is -0.116. The largest absolute Gasteiger partial charge is 0.325 e. The molecule has 0 radical (unpaired) electrons. The number of fused-ring (bicyclic) bond motifs is 1. The van der Waals surface area contributed by atoms with Crippen LogP contribution in [-0.4, -0.2) is 5.91 Å². The highest BCUT2D eigenvalue weighted by molar-refractivity contribution is 7.99. The molecular weight excluding hydrogens is 268 g/mol. The molecule has 0 aliphatic carbocycles. The van der Waals surface area contributed by atoms with Crippen molar-refractivity contribution in [3.63, 3.8) is 0 Å². The highest BCUT2D eigenvalue weighted by atomic mass is 32.2. The third kappa shape index (κ3) is 2.54. The second-order valence-corrected chi connectivity index (χ2v) is 5.83. The van der Waals surface area contributed by atoms with Crippen LogP contribution in [0.5, 0.6) is 0 Å². The fourth-order valence-electron chi connectivity index (χ4n) is 2.20. The normalized spacial score (nSPS) is 17.6. The Morgan fingerprint density at radius 1 is 1.15 bits per heavy atom. The molecule has 0 spiro atoms. The molecule has 1 aliphatic rings. The topological polar surface area (TPSA) is 52.9 Å². The fourth-order valence-corrected chi connectivity index (χ4v) is 3.43. The van der Waals surface area contributed by atoms with Gasteiger partial charge in [0, 0.05) is 16.6 Å². The second kappa shape index (κ2) is 5.40. The predicted octanol–water partition coefficient (Wildman–Crippen LogP) is 3.73. The maximum atomic E-state index is 12.0. The van der Waals surface area contributed by atoms with Crippen molar-refractivity contribution in [2.24, 2.45) is 0 Å². The van der Waals surface area contributed by atoms with Crippen molar-refractivity contribution in [2.75, 3.05) is 5.32 Å². The summed E-state index contributed by atoms with van der Waals surface area (Å²) in [4.78, 5) is 13.1. The number of thioether (sulfide) groups is 1. The third-order valence-electron chi connectivity index (χ3n) is 3.21. The highest BCUT2D eigenvalue weighted by Gasteiger charge is 2.23. The number of anilines is 1. The lowest BCUT2D eigenvalue weighted by atomic mass is 10.1. The van der Waals surface area contributed by atoms with Crippen LogP contribution in [0.2, 0.25) is 0 Å². The molecule has 0 saturated carbocycles. The molecule has 1 N–H and O–H groups in total. The zero-order valence-corrected chi connectivity index (χ0v) is 11.5. The number of carbonyl (C=O) groups excluding carboxylic acids is 1. The maximum Gasteiger partial charge on any atom is 0.225 e. The highest BCUT2D eigenvalue weighted by Crippen LogP contribution is 2.43. The Hall–Kier alpha value is -2.25. The Morgan fingerprint density at radius 2 is 1.90 bits per heavy atom. The molecule has 3 nitrogen and oxygen atoms in total. The van der Waals surface area contributed by atoms with Gasteiger partial charge in [0.15, 0.2) is 0 Å². The van der Waals surface area contributed by atoms with Crippen LogP contribution in [-0.2, 0) is 4.79 Å². The Kier molecular flexibility index (Phi) is 3.44. The first-order valence-electron chi connectivity index (χ1n) is 6.32. The SMILES string of the molecule is N#Cc1ccc([C@H]2CC(=O)Nc3ccccc3S2)cc1. The van der Waals surface area contributed by atoms with E-state index in [0.29, 0.717) is 12.0 Å². The number of carbonyl (C=O) groups is 1. The molecule has 0 aromatic heterocycles. The summed E-state index contributed by atoms with van der Waals surface area (Å²) in [5.41, 5.74) is 2.58. The molecule has 1 amide bonds. The molecule has 1 heterocycles. The van der Waals surface area contributed by atoms with E-state index in [2.05, 4.69) is 11.4 Å². The van der Waals surface area contributed by atoms with Crippen LogP contribution in [0.4, 0.5) is 5.69 Å². The maximum absolute atomic E-state index is 12.0. The van der Waals surface area contributed by atoms with Gasteiger partial charge in [-0.1, -0.05) is 24.3 Å². The quantitative estimate of drug-likeness (QED) is 0.866. The van der Waals surface area contributed by atoms with Crippen molar-refractivity contribution in [3.8, 4) is 6.07 Å². The smallest absolute Gasteiger partial charge is 0.225 e. The number of hydrogen-bond donors (Lipinski definition) is 1. The summed E-state index contributed by atoms with van der Waals surface area (Å²) in [6, 6.07) is 17.4. The minimum absolute atomic E-state index is 0.0248. The van der Waals surface area contributed by atoms with Crippen LogP contribution in [0.3, 0.4) is 0 Å². The van der Waals surface area contributed by atoms with Crippen molar-refractivity contribution < 1.29 is 4.79 Å². The monoisotopic (exact) mass is 280 g/mol. The van der Waals surface area contributed by atoms with Crippen LogP contribution in [0, 0.1) is 11.3 Å². The standard InChI is InChI=1S/C16H12N2OS/c17-10-11-5-7-12(8-6-11)15-9-16(19)18-13-3-1-2-4-14(13)20-15/h1-8,15H,9H2,(H,18,19)/t15-/m1/s1. The van der Waals surface area contributed by atoms with Crippen molar-refractivity contribution in [1.82, 2.24) is 0 Å². The number of amides is 1. The van der Waals surface area contributed by atoms with Gasteiger partial charge < -0.3 is 5.32 Å². The molecule has 0 unspecified atom stereocenters. The summed E-state index contributed by atoms with van der Waals surface area (Å²) in [5.74, 6) is 0.0248. The molecule has 1 aliphatic heterocycles. The summed E-state index contributed by atoms with van der Waals surface area (Å²) in [6.07, 6.45) is 0.436. The molecule has 0 saturated heterocycles. The lowest BCUT2D eigenvalue weighted by Crippen LogP contribution is -2.11. The summed E-state index contributed by atoms with van der Waals surface area (Å²) in [7, 11) is 0. The van der Waals surface area contributed by atoms with Gasteiger partial charge in [-0.2, -0.15) is 5.26 Å². The van der Waals surface area contributed by atoms with E-state index in [4.69, 9.17) is 5.26 Å². The zero-order chi connectivity index (χ0) is 13.9. The van der Waals surface area contributed by atoms with Gasteiger partial charge in [0.2, 0.25) is 5.91 Å². The van der Waals surface area contributed by atoms with E-state index in [0.717, 1.165) is 16.1 Å². The number of nitrogens with one attached hydrogen (secondary N) is 1. The second-order valence-electron chi connectivity index (χ2n) is 4.59. The molecule has 0 fully saturated rings. The number of nitriles is 1. The number of benzene rings is 2. The minimum atomic E-state index is 0.0248. The zero-order valence-electron chi connectivity index (χ0n) is 10.7. The van der Waals surface area contributed by atoms with Gasteiger partial charge in [0.25, 0.3) is 0 Å². The summed E-state index contributed by atoms with van der Waals surface area (Å²) < 4.78 is 0. The number of nitrogens with zero attached hydrogens (tertiary/aromatic N) is 1. The van der Waals surface area contributed by atoms with Crippen molar-refractivity contribution >= 4 is 23.4 Å². The van der Waals surface area contributed by atoms with E-state index >= 15 is 0 Å². The molecule has 98 valence electrons. The van der Waals surface area contributed by atoms with E-state index < -0.39 is 0 Å². The summed E-state index contributed by atoms with van der Waals surface area (Å²) in [6.45, 7) is 0. The van der Waals surface area contributed by atoms with Crippen LogP contribution in [0.15, 0.2) is 53.4 Å². The fraction of sp³-hybridized carbons (Fsp3) is 0.125. The molecule has 3 rings (SSSR count). The summed E-state index contributed by atoms with van der Waals surface area (Å²) in [5, 5.41) is 11.8. The Morgan fingerprint density at radius 3 is 2.65 bits per heavy atom. The number of rotatable bonds is 1. The molecule has 2 aromatic carbocycles. The Bertz CT molecular complexity index is 688. The molecular formula is C16H12N2OS. The van der Waals surface area contributed by atoms with Crippen LogP contribution in [0.1, 0.15) is 22.8 Å². The van der Waals surface area contributed by atoms with Gasteiger partial charge in [-0.3, -0.25) is 4.79 Å². The van der Waals surface area contributed by atoms with Gasteiger partial charge in [-0.25, -0.2) is 0 Å². The van der Waals surface area contributed by atoms with E-state index in [9.17, 15) is 4.79 Å². The van der Waals surface area contributed by atoms with Crippen LogP contribution in [0.25, 0.3) is 0 Å². The minimum Gasteiger partial charge on any atom is -0.325 e. The number of hydrogen-bond acceptors (Lipinski definition) is 3. The van der Waals surface area contributed by atoms with Gasteiger partial charge in [0.1, 0.15) is 0 Å². The average molecular weight is 280 g/mol. The van der Waals surface area contributed by atoms with Crippen molar-refractivity contribution in [1.29, 1.82) is 5.26 Å². The lowest BCUT2D eigenvalue weighted by Gasteiger charge is -2.13. The van der Waals surface area contributed by atoms with E-state index in [1.54, 1.807) is 23.9 Å². The van der Waals surface area contributed by atoms with Gasteiger partial charge in [0.05, 0.1) is 17.3 Å². The first-order chi connectivity index (χ1) is 9.76. The van der Waals surface area contributed by atoms with Crippen molar-refractivity contribution in [2.45, 2.75) is 16.6 Å². The van der Waals surface area contributed by atoms with Crippen LogP contribution >= 0.6 is 11.8 Å². The van der Waals surface area contributed by atoms with Gasteiger partial charge in [-0.15, -0.1) is 11.8 Å². The number of para-hydroxylation sites is 1. The molecule has 1 atom stereocenters. The van der Waals surface area contributed by atoms with E-state index in [-0.39, 0.29) is 11.2 Å². The van der Waals surface area contributed by atoms with E-state index in [1.165, 1.54) is 0 Å². The van der Waals surface area contributed by atoms with Gasteiger partial charge >= 0.3 is 0 Å². The molecule has 20 heavy (non-hydrogen) atoms. The van der Waals surface area contributed by atoms with Crippen LogP contribution < -0.4 is 5.32 Å². The molecule has 0 bridgehead atoms. The van der Waals surface area contributed by atoms with Gasteiger partial charge in [-0.05, 0) is 29.8 Å². The average Bonchev–Trinajstić information content (AvgIpc) is 2.65. The molecule has 4 heteroatoms. The van der Waals surface area contributed by atoms with Crippen molar-refractivity contribution in [3.05, 3.63) is 59.7 Å². The van der Waals surface area contributed by atoms with E-state index in [1.807, 2.05) is 36.4 Å². The Labute approximate surface area is 121 Å². The summed E-state index contributed by atoms with van der Waals surface area (Å²) >= 11 is 1.68. The third-order valence-corrected chi connectivity index (χ3v) is 4.55. The first kappa shape index (κ1) is 12.8. The molecule has 2 aromatic rings.